The number of benzene rings is 1. The van der Waals surface area contributed by atoms with E-state index in [1.54, 1.807) is 0 Å². The van der Waals surface area contributed by atoms with E-state index in [1.165, 1.54) is 0 Å². The van der Waals surface area contributed by atoms with E-state index in [0.717, 1.165) is 49.2 Å². The van der Waals surface area contributed by atoms with Gasteiger partial charge < -0.3 is 16.0 Å². The smallest absolute Gasteiger partial charge is 0.325 e. The number of imide groups is 1. The largest absolute Gasteiger partial charge is 0.352 e. The first-order valence-electron chi connectivity index (χ1n) is 9.76. The molecule has 1 aromatic rings. The average molecular weight is 370 g/mol. The summed E-state index contributed by atoms with van der Waals surface area (Å²) in [5.41, 5.74) is 0.0365. The van der Waals surface area contributed by atoms with Gasteiger partial charge in [0.15, 0.2) is 0 Å². The number of carbonyl (C=O) groups excluding carboxylic acids is 3. The summed E-state index contributed by atoms with van der Waals surface area (Å²) >= 11 is 0. The average Bonchev–Trinajstić information content (AvgIpc) is 3.46. The molecule has 3 N–H and O–H groups in total. The number of hydrogen-bond donors (Lipinski definition) is 3. The van der Waals surface area contributed by atoms with Crippen LogP contribution in [0.5, 0.6) is 0 Å². The van der Waals surface area contributed by atoms with Gasteiger partial charge in [0, 0.05) is 12.5 Å². The maximum Gasteiger partial charge on any atom is 0.325 e. The van der Waals surface area contributed by atoms with Crippen LogP contribution >= 0.6 is 0 Å². The molecule has 3 aliphatic rings. The van der Waals surface area contributed by atoms with Crippen LogP contribution in [-0.4, -0.2) is 54.0 Å². The van der Waals surface area contributed by atoms with Crippen molar-refractivity contribution in [2.24, 2.45) is 5.92 Å². The van der Waals surface area contributed by atoms with Crippen molar-refractivity contribution in [2.75, 3.05) is 19.6 Å². The van der Waals surface area contributed by atoms with Crippen LogP contribution in [0.3, 0.4) is 0 Å². The molecule has 7 nitrogen and oxygen atoms in total. The Labute approximate surface area is 158 Å². The molecule has 2 aliphatic heterocycles. The van der Waals surface area contributed by atoms with Crippen LogP contribution in [0.15, 0.2) is 30.3 Å². The highest BCUT2D eigenvalue weighted by molar-refractivity contribution is 6.09. The van der Waals surface area contributed by atoms with Gasteiger partial charge in [0.05, 0.1) is 0 Å². The quantitative estimate of drug-likeness (QED) is 0.646. The number of amides is 4. The lowest BCUT2D eigenvalue weighted by Gasteiger charge is -2.38. The Hall–Kier alpha value is -2.41. The number of nitrogens with one attached hydrogen (secondary N) is 3. The van der Waals surface area contributed by atoms with Gasteiger partial charge >= 0.3 is 6.03 Å². The Morgan fingerprint density at radius 3 is 2.48 bits per heavy atom. The molecule has 27 heavy (non-hydrogen) atoms. The van der Waals surface area contributed by atoms with E-state index in [1.807, 2.05) is 30.3 Å². The van der Waals surface area contributed by atoms with Gasteiger partial charge in [0.25, 0.3) is 5.91 Å². The molecule has 1 saturated carbocycles. The van der Waals surface area contributed by atoms with Crippen LogP contribution in [0.25, 0.3) is 0 Å². The molecular weight excluding hydrogens is 344 g/mol. The number of rotatable bonds is 6. The molecule has 1 atom stereocenters. The lowest BCUT2D eigenvalue weighted by Crippen LogP contribution is -2.57. The molecule has 1 aliphatic carbocycles. The van der Waals surface area contributed by atoms with Gasteiger partial charge in [-0.25, -0.2) is 4.79 Å². The minimum Gasteiger partial charge on any atom is -0.352 e. The topological polar surface area (TPSA) is 90.5 Å². The molecule has 4 rings (SSSR count). The van der Waals surface area contributed by atoms with E-state index in [-0.39, 0.29) is 30.3 Å². The number of urea groups is 1. The minimum absolute atomic E-state index is 0.0481. The van der Waals surface area contributed by atoms with Gasteiger partial charge in [-0.05, 0) is 50.3 Å². The lowest BCUT2D eigenvalue weighted by atomic mass is 9.74. The summed E-state index contributed by atoms with van der Waals surface area (Å²) < 4.78 is 0. The zero-order valence-corrected chi connectivity index (χ0v) is 15.4. The Balaban J connectivity index is 1.58. The van der Waals surface area contributed by atoms with Crippen LogP contribution in [0.1, 0.15) is 31.2 Å². The van der Waals surface area contributed by atoms with Crippen molar-refractivity contribution < 1.29 is 14.4 Å². The summed E-state index contributed by atoms with van der Waals surface area (Å²) in [6.07, 6.45) is 4.03. The fourth-order valence-corrected chi connectivity index (χ4v) is 4.21. The van der Waals surface area contributed by atoms with Crippen molar-refractivity contribution in [3.63, 3.8) is 0 Å². The second-order valence-corrected chi connectivity index (χ2v) is 7.82. The summed E-state index contributed by atoms with van der Waals surface area (Å²) in [5.74, 6) is -0.483. The van der Waals surface area contributed by atoms with Crippen LogP contribution in [0.4, 0.5) is 4.79 Å². The second kappa shape index (κ2) is 7.31. The third-order valence-electron chi connectivity index (χ3n) is 5.81. The molecule has 3 fully saturated rings. The molecule has 0 unspecified atom stereocenters. The van der Waals surface area contributed by atoms with Crippen molar-refractivity contribution in [3.8, 4) is 0 Å². The minimum atomic E-state index is -0.972. The number of carbonyl (C=O) groups is 3. The maximum atomic E-state index is 13.4. The maximum absolute atomic E-state index is 13.4. The molecule has 0 spiro atoms. The second-order valence-electron chi connectivity index (χ2n) is 7.82. The van der Waals surface area contributed by atoms with Gasteiger partial charge in [0.1, 0.15) is 12.1 Å². The van der Waals surface area contributed by atoms with Crippen molar-refractivity contribution in [1.82, 2.24) is 20.9 Å². The van der Waals surface area contributed by atoms with E-state index in [4.69, 9.17) is 0 Å². The molecule has 0 radical (unpaired) electrons. The Morgan fingerprint density at radius 2 is 1.81 bits per heavy atom. The first-order chi connectivity index (χ1) is 13.1. The summed E-state index contributed by atoms with van der Waals surface area (Å²) in [5, 5.41) is 9.16. The third-order valence-corrected chi connectivity index (χ3v) is 5.81. The molecule has 1 aromatic carbocycles. The van der Waals surface area contributed by atoms with E-state index in [2.05, 4.69) is 16.0 Å². The van der Waals surface area contributed by atoms with Gasteiger partial charge in [-0.15, -0.1) is 0 Å². The summed E-state index contributed by atoms with van der Waals surface area (Å²) in [6, 6.07) is 9.51. The fourth-order valence-electron chi connectivity index (χ4n) is 4.21. The normalized spacial score (nSPS) is 26.1. The highest BCUT2D eigenvalue weighted by Crippen LogP contribution is 2.35. The van der Waals surface area contributed by atoms with Gasteiger partial charge in [-0.2, -0.15) is 0 Å². The zero-order valence-electron chi connectivity index (χ0n) is 15.4. The molecule has 0 aromatic heterocycles. The van der Waals surface area contributed by atoms with Gasteiger partial charge in [-0.1, -0.05) is 30.3 Å². The highest BCUT2D eigenvalue weighted by atomic mass is 16.2. The molecule has 7 heteroatoms. The highest BCUT2D eigenvalue weighted by Gasteiger charge is 2.55. The van der Waals surface area contributed by atoms with Crippen LogP contribution in [-0.2, 0) is 16.0 Å². The molecule has 4 amide bonds. The number of nitrogens with zero attached hydrogens (tertiary/aromatic N) is 1. The Morgan fingerprint density at radius 1 is 1.11 bits per heavy atom. The van der Waals surface area contributed by atoms with Crippen molar-refractivity contribution >= 4 is 17.8 Å². The lowest BCUT2D eigenvalue weighted by molar-refractivity contribution is -0.136. The first-order valence-corrected chi connectivity index (χ1v) is 9.76. The monoisotopic (exact) mass is 370 g/mol. The first kappa shape index (κ1) is 18.0. The summed E-state index contributed by atoms with van der Waals surface area (Å²) in [6.45, 7) is 1.45. The summed E-state index contributed by atoms with van der Waals surface area (Å²) in [4.78, 5) is 39.4. The fraction of sp³-hybridized carbons (Fsp3) is 0.550. The van der Waals surface area contributed by atoms with E-state index in [0.29, 0.717) is 6.42 Å². The third kappa shape index (κ3) is 3.69. The predicted molar refractivity (Wildman–Crippen MR) is 99.9 cm³/mol. The Bertz CT molecular complexity index is 728. The van der Waals surface area contributed by atoms with Crippen molar-refractivity contribution in [2.45, 2.75) is 43.7 Å². The van der Waals surface area contributed by atoms with Crippen molar-refractivity contribution in [3.05, 3.63) is 35.9 Å². The van der Waals surface area contributed by atoms with Crippen LogP contribution in [0.2, 0.25) is 0 Å². The van der Waals surface area contributed by atoms with E-state index in [9.17, 15) is 14.4 Å². The molecule has 144 valence electrons. The van der Waals surface area contributed by atoms with Crippen molar-refractivity contribution in [1.29, 1.82) is 0 Å². The molecule has 2 heterocycles. The van der Waals surface area contributed by atoms with Crippen LogP contribution in [0, 0.1) is 5.92 Å². The SMILES string of the molecule is O=C(CN1C(=O)N[C@@](Cc2ccccc2)(C2CCNCC2)C1=O)NC1CC1. The van der Waals surface area contributed by atoms with E-state index < -0.39 is 11.6 Å². The number of piperidine rings is 1. The van der Waals surface area contributed by atoms with E-state index >= 15 is 0 Å². The Kier molecular flexibility index (Phi) is 4.86. The molecule has 2 saturated heterocycles. The zero-order chi connectivity index (χ0) is 18.9. The van der Waals surface area contributed by atoms with Gasteiger partial charge in [0.2, 0.25) is 5.91 Å². The molecule has 0 bridgehead atoms. The van der Waals surface area contributed by atoms with Gasteiger partial charge in [-0.3, -0.25) is 14.5 Å². The molecular formula is C20H26N4O3. The standard InChI is InChI=1S/C20H26N4O3/c25-17(22-16-6-7-16)13-24-18(26)20(23-19(24)27,15-8-10-21-11-9-15)12-14-4-2-1-3-5-14/h1-5,15-16,21H,6-13H2,(H,22,25)(H,23,27)/t20-/m0/s1. The number of hydrogen-bond acceptors (Lipinski definition) is 4. The predicted octanol–water partition coefficient (Wildman–Crippen LogP) is 0.798. The van der Waals surface area contributed by atoms with Crippen LogP contribution < -0.4 is 16.0 Å². The summed E-state index contributed by atoms with van der Waals surface area (Å²) in [7, 11) is 0.